The number of esters is 1. The second-order valence-corrected chi connectivity index (χ2v) is 2.97. The van der Waals surface area contributed by atoms with Gasteiger partial charge < -0.3 is 4.74 Å². The summed E-state index contributed by atoms with van der Waals surface area (Å²) >= 11 is 0. The number of hydrogen-bond acceptors (Lipinski definition) is 2. The lowest BCUT2D eigenvalue weighted by atomic mass is 10.1. The van der Waals surface area contributed by atoms with Crippen LogP contribution < -0.4 is 4.74 Å². The van der Waals surface area contributed by atoms with Gasteiger partial charge in [-0.25, -0.2) is 4.79 Å². The molecule has 0 bridgehead atoms. The van der Waals surface area contributed by atoms with Crippen molar-refractivity contribution < 1.29 is 18.3 Å². The Morgan fingerprint density at radius 1 is 1.29 bits per heavy atom. The van der Waals surface area contributed by atoms with E-state index in [9.17, 15) is 13.6 Å². The average molecular weight is 200 g/mol. The third-order valence-corrected chi connectivity index (χ3v) is 1.87. The van der Waals surface area contributed by atoms with Crippen molar-refractivity contribution >= 4 is 5.97 Å². The molecule has 0 aliphatic carbocycles. The smallest absolute Gasteiger partial charge is 0.379 e. The van der Waals surface area contributed by atoms with Crippen LogP contribution in [0.4, 0.5) is 8.78 Å². The molecule has 14 heavy (non-hydrogen) atoms. The Kier molecular flexibility index (Phi) is 3.17. The molecule has 0 unspecified atom stereocenters. The number of carbonyl (C=O) groups is 1. The molecule has 0 aromatic heterocycles. The van der Waals surface area contributed by atoms with Gasteiger partial charge in [0.1, 0.15) is 5.75 Å². The van der Waals surface area contributed by atoms with Gasteiger partial charge in [0.2, 0.25) is 0 Å². The maximum Gasteiger partial charge on any atom is 0.379 e. The van der Waals surface area contributed by atoms with Crippen LogP contribution in [0.15, 0.2) is 18.2 Å². The third-order valence-electron chi connectivity index (χ3n) is 1.87. The van der Waals surface area contributed by atoms with Crippen molar-refractivity contribution in [2.45, 2.75) is 20.3 Å². The van der Waals surface area contributed by atoms with Gasteiger partial charge in [0, 0.05) is 0 Å². The quantitative estimate of drug-likeness (QED) is 0.541. The molecule has 0 saturated carbocycles. The van der Waals surface area contributed by atoms with Crippen LogP contribution in [0.1, 0.15) is 11.1 Å². The van der Waals surface area contributed by atoms with Crippen LogP contribution in [0.2, 0.25) is 0 Å². The van der Waals surface area contributed by atoms with Crippen molar-refractivity contribution in [1.82, 2.24) is 0 Å². The molecule has 0 aliphatic heterocycles. The van der Waals surface area contributed by atoms with Gasteiger partial charge in [-0.3, -0.25) is 0 Å². The van der Waals surface area contributed by atoms with E-state index in [2.05, 4.69) is 4.74 Å². The highest BCUT2D eigenvalue weighted by Crippen LogP contribution is 2.17. The fourth-order valence-electron chi connectivity index (χ4n) is 0.938. The SMILES string of the molecule is Cc1ccc(OC(=O)C(F)F)cc1C. The van der Waals surface area contributed by atoms with E-state index in [1.165, 1.54) is 6.07 Å². The van der Waals surface area contributed by atoms with Gasteiger partial charge in [-0.1, -0.05) is 6.07 Å². The zero-order valence-corrected chi connectivity index (χ0v) is 7.88. The number of alkyl halides is 2. The highest BCUT2D eigenvalue weighted by Gasteiger charge is 2.17. The summed E-state index contributed by atoms with van der Waals surface area (Å²) in [4.78, 5) is 10.5. The van der Waals surface area contributed by atoms with E-state index in [0.717, 1.165) is 11.1 Å². The van der Waals surface area contributed by atoms with Crippen LogP contribution in [-0.4, -0.2) is 12.4 Å². The Hall–Kier alpha value is -1.45. The number of rotatable bonds is 2. The molecular weight excluding hydrogens is 190 g/mol. The molecule has 0 heterocycles. The largest absolute Gasteiger partial charge is 0.422 e. The average Bonchev–Trinajstić information content (AvgIpc) is 2.11. The molecule has 0 spiro atoms. The second kappa shape index (κ2) is 4.17. The van der Waals surface area contributed by atoms with Gasteiger partial charge in [-0.05, 0) is 37.1 Å². The van der Waals surface area contributed by atoms with E-state index in [1.807, 2.05) is 13.8 Å². The van der Waals surface area contributed by atoms with Gasteiger partial charge in [0.05, 0.1) is 0 Å². The first-order valence-corrected chi connectivity index (χ1v) is 4.08. The summed E-state index contributed by atoms with van der Waals surface area (Å²) < 4.78 is 28.1. The van der Waals surface area contributed by atoms with Gasteiger partial charge in [-0.15, -0.1) is 0 Å². The summed E-state index contributed by atoms with van der Waals surface area (Å²) in [5, 5.41) is 0. The van der Waals surface area contributed by atoms with Crippen molar-refractivity contribution in [1.29, 1.82) is 0 Å². The second-order valence-electron chi connectivity index (χ2n) is 2.97. The molecule has 0 saturated heterocycles. The molecule has 1 rings (SSSR count). The fourth-order valence-corrected chi connectivity index (χ4v) is 0.938. The molecule has 0 radical (unpaired) electrons. The first-order valence-electron chi connectivity index (χ1n) is 4.08. The van der Waals surface area contributed by atoms with Crippen molar-refractivity contribution in [2.24, 2.45) is 0 Å². The topological polar surface area (TPSA) is 26.3 Å². The molecule has 0 N–H and O–H groups in total. The van der Waals surface area contributed by atoms with Crippen LogP contribution in [0, 0.1) is 13.8 Å². The summed E-state index contributed by atoms with van der Waals surface area (Å²) in [7, 11) is 0. The van der Waals surface area contributed by atoms with Crippen LogP contribution >= 0.6 is 0 Å². The van der Waals surface area contributed by atoms with Crippen molar-refractivity contribution in [3.05, 3.63) is 29.3 Å². The van der Waals surface area contributed by atoms with Crippen LogP contribution in [0.25, 0.3) is 0 Å². The monoisotopic (exact) mass is 200 g/mol. The summed E-state index contributed by atoms with van der Waals surface area (Å²) in [6.07, 6.45) is -3.09. The molecule has 2 nitrogen and oxygen atoms in total. The minimum absolute atomic E-state index is 0.151. The lowest BCUT2D eigenvalue weighted by molar-refractivity contribution is -0.146. The normalized spacial score (nSPS) is 10.4. The predicted octanol–water partition coefficient (Wildman–Crippen LogP) is 2.47. The summed E-state index contributed by atoms with van der Waals surface area (Å²) in [5.74, 6) is -1.37. The Morgan fingerprint density at radius 3 is 2.43 bits per heavy atom. The van der Waals surface area contributed by atoms with Crippen LogP contribution in [0.5, 0.6) is 5.75 Å². The number of ether oxygens (including phenoxy) is 1. The van der Waals surface area contributed by atoms with Crippen molar-refractivity contribution in [2.75, 3.05) is 0 Å². The van der Waals surface area contributed by atoms with E-state index >= 15 is 0 Å². The highest BCUT2D eigenvalue weighted by atomic mass is 19.3. The van der Waals surface area contributed by atoms with E-state index in [-0.39, 0.29) is 5.75 Å². The van der Waals surface area contributed by atoms with Gasteiger partial charge >= 0.3 is 12.4 Å². The maximum absolute atomic E-state index is 11.8. The van der Waals surface area contributed by atoms with E-state index in [1.54, 1.807) is 12.1 Å². The minimum atomic E-state index is -3.09. The number of halogens is 2. The summed E-state index contributed by atoms with van der Waals surface area (Å²) in [5.41, 5.74) is 1.91. The predicted molar refractivity (Wildman–Crippen MR) is 47.6 cm³/mol. The lowest BCUT2D eigenvalue weighted by Gasteiger charge is -2.05. The molecule has 76 valence electrons. The Bertz CT molecular complexity index is 348. The number of hydrogen-bond donors (Lipinski definition) is 0. The van der Waals surface area contributed by atoms with Gasteiger partial charge in [-0.2, -0.15) is 8.78 Å². The number of carbonyl (C=O) groups excluding carboxylic acids is 1. The first-order chi connectivity index (χ1) is 6.50. The molecular formula is C10H10F2O2. The number of benzene rings is 1. The summed E-state index contributed by atoms with van der Waals surface area (Å²) in [6, 6.07) is 4.75. The zero-order valence-electron chi connectivity index (χ0n) is 7.88. The molecule has 0 amide bonds. The molecule has 1 aromatic carbocycles. The maximum atomic E-state index is 11.8. The van der Waals surface area contributed by atoms with Gasteiger partial charge in [0.25, 0.3) is 0 Å². The number of aryl methyl sites for hydroxylation is 2. The lowest BCUT2D eigenvalue weighted by Crippen LogP contribution is -2.17. The molecule has 4 heteroatoms. The van der Waals surface area contributed by atoms with E-state index < -0.39 is 12.4 Å². The molecule has 0 aliphatic rings. The van der Waals surface area contributed by atoms with Crippen molar-refractivity contribution in [3.63, 3.8) is 0 Å². The zero-order chi connectivity index (χ0) is 10.7. The Morgan fingerprint density at radius 2 is 1.93 bits per heavy atom. The van der Waals surface area contributed by atoms with Crippen LogP contribution in [0.3, 0.4) is 0 Å². The molecule has 1 aromatic rings. The standard InChI is InChI=1S/C10H10F2O2/c1-6-3-4-8(5-7(6)2)14-10(13)9(11)12/h3-5,9H,1-2H3. The van der Waals surface area contributed by atoms with Crippen molar-refractivity contribution in [3.8, 4) is 5.75 Å². The molecule has 0 atom stereocenters. The van der Waals surface area contributed by atoms with E-state index in [4.69, 9.17) is 0 Å². The Balaban J connectivity index is 2.78. The highest BCUT2D eigenvalue weighted by molar-refractivity contribution is 5.75. The van der Waals surface area contributed by atoms with E-state index in [0.29, 0.717) is 0 Å². The van der Waals surface area contributed by atoms with Crippen LogP contribution in [-0.2, 0) is 4.79 Å². The van der Waals surface area contributed by atoms with Gasteiger partial charge in [0.15, 0.2) is 0 Å². The first kappa shape index (κ1) is 10.6. The molecule has 0 fully saturated rings. The Labute approximate surface area is 80.5 Å². The minimum Gasteiger partial charge on any atom is -0.422 e. The fraction of sp³-hybridized carbons (Fsp3) is 0.300. The third kappa shape index (κ3) is 2.52. The summed E-state index contributed by atoms with van der Waals surface area (Å²) in [6.45, 7) is 3.70.